The molecular formula is C13H10F3NOS. The lowest BCUT2D eigenvalue weighted by Gasteiger charge is -2.07. The summed E-state index contributed by atoms with van der Waals surface area (Å²) in [6.07, 6.45) is -2.98. The molecule has 0 saturated carbocycles. The summed E-state index contributed by atoms with van der Waals surface area (Å²) in [5.74, 6) is -0.218. The molecule has 2 nitrogen and oxygen atoms in total. The van der Waals surface area contributed by atoms with Crippen LogP contribution in [0.4, 0.5) is 13.2 Å². The highest BCUT2D eigenvalue weighted by molar-refractivity contribution is 7.13. The predicted octanol–water partition coefficient (Wildman–Crippen LogP) is 3.90. The molecule has 0 N–H and O–H groups in total. The highest BCUT2D eigenvalue weighted by Crippen LogP contribution is 2.29. The minimum Gasteiger partial charge on any atom is -0.293 e. The Bertz CT molecular complexity index is 604. The molecule has 0 aliphatic rings. The number of aryl methyl sites for hydroxylation is 1. The average molecular weight is 285 g/mol. The van der Waals surface area contributed by atoms with Gasteiger partial charge in [-0.2, -0.15) is 13.2 Å². The van der Waals surface area contributed by atoms with Crippen molar-refractivity contribution < 1.29 is 18.0 Å². The largest absolute Gasteiger partial charge is 0.416 e. The molecule has 0 saturated heterocycles. The van der Waals surface area contributed by atoms with Crippen LogP contribution in [0.1, 0.15) is 25.8 Å². The summed E-state index contributed by atoms with van der Waals surface area (Å²) in [6.45, 7) is 1.77. The number of thiazole rings is 1. The second kappa shape index (κ2) is 5.13. The molecule has 0 aliphatic carbocycles. The van der Waals surface area contributed by atoms with Gasteiger partial charge in [-0.15, -0.1) is 11.3 Å². The third-order valence-electron chi connectivity index (χ3n) is 2.52. The Labute approximate surface area is 111 Å². The molecule has 0 radical (unpaired) electrons. The number of halogens is 3. The lowest BCUT2D eigenvalue weighted by atomic mass is 10.1. The van der Waals surface area contributed by atoms with E-state index in [1.807, 2.05) is 0 Å². The van der Waals surface area contributed by atoms with Gasteiger partial charge in [-0.1, -0.05) is 18.2 Å². The van der Waals surface area contributed by atoms with E-state index in [2.05, 4.69) is 4.98 Å². The number of carbonyl (C=O) groups excluding carboxylic acids is 1. The highest BCUT2D eigenvalue weighted by atomic mass is 32.1. The number of hydrogen-bond acceptors (Lipinski definition) is 3. The van der Waals surface area contributed by atoms with E-state index in [-0.39, 0.29) is 12.2 Å². The Hall–Kier alpha value is -1.69. The number of benzene rings is 1. The number of rotatable bonds is 3. The van der Waals surface area contributed by atoms with Crippen molar-refractivity contribution in [3.63, 3.8) is 0 Å². The fraction of sp³-hybridized carbons (Fsp3) is 0.231. The van der Waals surface area contributed by atoms with Gasteiger partial charge in [0, 0.05) is 12.6 Å². The van der Waals surface area contributed by atoms with Crippen molar-refractivity contribution in [2.45, 2.75) is 19.5 Å². The second-order valence-corrected chi connectivity index (χ2v) is 5.28. The Kier molecular flexibility index (Phi) is 3.71. The summed E-state index contributed by atoms with van der Waals surface area (Å²) in [7, 11) is 0. The van der Waals surface area contributed by atoms with Crippen molar-refractivity contribution in [2.24, 2.45) is 0 Å². The van der Waals surface area contributed by atoms with Crippen LogP contribution >= 0.6 is 11.3 Å². The van der Waals surface area contributed by atoms with Gasteiger partial charge >= 0.3 is 6.18 Å². The number of nitrogens with zero attached hydrogens (tertiary/aromatic N) is 1. The van der Waals surface area contributed by atoms with Gasteiger partial charge in [0.1, 0.15) is 0 Å². The van der Waals surface area contributed by atoms with Crippen LogP contribution in [0, 0.1) is 6.92 Å². The topological polar surface area (TPSA) is 30.0 Å². The van der Waals surface area contributed by atoms with Crippen LogP contribution in [0.5, 0.6) is 0 Å². The minimum absolute atomic E-state index is 0.0500. The monoisotopic (exact) mass is 285 g/mol. The van der Waals surface area contributed by atoms with Crippen molar-refractivity contribution in [1.29, 1.82) is 0 Å². The van der Waals surface area contributed by atoms with Crippen LogP contribution < -0.4 is 0 Å². The maximum atomic E-state index is 12.5. The van der Waals surface area contributed by atoms with Gasteiger partial charge in [-0.3, -0.25) is 4.79 Å². The average Bonchev–Trinajstić information content (AvgIpc) is 2.75. The molecule has 6 heteroatoms. The fourth-order valence-corrected chi connectivity index (χ4v) is 2.34. The maximum Gasteiger partial charge on any atom is 0.416 e. The zero-order valence-electron chi connectivity index (χ0n) is 9.99. The molecule has 2 aromatic rings. The Morgan fingerprint density at radius 1 is 1.37 bits per heavy atom. The fourth-order valence-electron chi connectivity index (χ4n) is 1.62. The lowest BCUT2D eigenvalue weighted by molar-refractivity contribution is -0.137. The Balaban J connectivity index is 2.18. The van der Waals surface area contributed by atoms with Crippen molar-refractivity contribution in [3.05, 3.63) is 51.5 Å². The molecule has 1 aromatic carbocycles. The molecule has 0 amide bonds. The van der Waals surface area contributed by atoms with Gasteiger partial charge < -0.3 is 0 Å². The van der Waals surface area contributed by atoms with E-state index in [0.717, 1.165) is 17.1 Å². The molecule has 100 valence electrons. The van der Waals surface area contributed by atoms with E-state index >= 15 is 0 Å². The number of aromatic nitrogens is 1. The second-order valence-electron chi connectivity index (χ2n) is 4.04. The van der Waals surface area contributed by atoms with Gasteiger partial charge in [-0.05, 0) is 18.6 Å². The maximum absolute atomic E-state index is 12.5. The quantitative estimate of drug-likeness (QED) is 0.801. The van der Waals surface area contributed by atoms with Crippen molar-refractivity contribution in [3.8, 4) is 0 Å². The summed E-state index contributed by atoms with van der Waals surface area (Å²) in [6, 6.07) is 4.82. The summed E-state index contributed by atoms with van der Waals surface area (Å²) < 4.78 is 37.6. The van der Waals surface area contributed by atoms with Gasteiger partial charge in [-0.25, -0.2) is 4.98 Å². The predicted molar refractivity (Wildman–Crippen MR) is 66.3 cm³/mol. The van der Waals surface area contributed by atoms with Crippen LogP contribution in [-0.4, -0.2) is 10.8 Å². The molecular weight excluding hydrogens is 275 g/mol. The number of Topliss-reactive ketones (excluding diaryl/α,β-unsaturated/α-hetero) is 1. The number of carbonyl (C=O) groups is 1. The summed E-state index contributed by atoms with van der Waals surface area (Å²) in [5, 5.41) is 0.757. The summed E-state index contributed by atoms with van der Waals surface area (Å²) in [4.78, 5) is 16.3. The molecule has 0 atom stereocenters. The molecule has 1 heterocycles. The molecule has 2 rings (SSSR count). The van der Waals surface area contributed by atoms with Crippen molar-refractivity contribution in [2.75, 3.05) is 0 Å². The molecule has 0 bridgehead atoms. The van der Waals surface area contributed by atoms with Crippen LogP contribution in [0.3, 0.4) is 0 Å². The zero-order chi connectivity index (χ0) is 14.0. The van der Waals surface area contributed by atoms with E-state index in [4.69, 9.17) is 0 Å². The standard InChI is InChI=1S/C13H10F3NOS/c1-8-17-7-12(19-8)11(18)6-9-3-2-4-10(5-9)13(14,15)16/h2-5,7H,6H2,1H3. The smallest absolute Gasteiger partial charge is 0.293 e. The van der Waals surface area contributed by atoms with Crippen LogP contribution in [0.2, 0.25) is 0 Å². The SMILES string of the molecule is Cc1ncc(C(=O)Cc2cccc(C(F)(F)F)c2)s1. The molecule has 1 aromatic heterocycles. The number of ketones is 1. The van der Waals surface area contributed by atoms with E-state index < -0.39 is 11.7 Å². The first-order valence-electron chi connectivity index (χ1n) is 5.48. The third kappa shape index (κ3) is 3.41. The molecule has 0 aliphatic heterocycles. The Morgan fingerprint density at radius 3 is 2.68 bits per heavy atom. The molecule has 0 unspecified atom stereocenters. The first-order chi connectivity index (χ1) is 8.86. The van der Waals surface area contributed by atoms with Crippen molar-refractivity contribution >= 4 is 17.1 Å². The normalized spacial score (nSPS) is 11.6. The van der Waals surface area contributed by atoms with Gasteiger partial charge in [0.05, 0.1) is 15.4 Å². The number of alkyl halides is 3. The van der Waals surface area contributed by atoms with E-state index in [1.165, 1.54) is 29.7 Å². The van der Waals surface area contributed by atoms with E-state index in [9.17, 15) is 18.0 Å². The molecule has 0 spiro atoms. The van der Waals surface area contributed by atoms with E-state index in [0.29, 0.717) is 10.4 Å². The lowest BCUT2D eigenvalue weighted by Crippen LogP contribution is -2.07. The summed E-state index contributed by atoms with van der Waals surface area (Å²) >= 11 is 1.24. The van der Waals surface area contributed by atoms with Crippen LogP contribution in [0.15, 0.2) is 30.5 Å². The number of hydrogen-bond donors (Lipinski definition) is 0. The Morgan fingerprint density at radius 2 is 2.11 bits per heavy atom. The molecule has 0 fully saturated rings. The molecule has 19 heavy (non-hydrogen) atoms. The van der Waals surface area contributed by atoms with Gasteiger partial charge in [0.25, 0.3) is 0 Å². The summed E-state index contributed by atoms with van der Waals surface area (Å²) in [5.41, 5.74) is -0.385. The van der Waals surface area contributed by atoms with Crippen molar-refractivity contribution in [1.82, 2.24) is 4.98 Å². The minimum atomic E-state index is -4.39. The van der Waals surface area contributed by atoms with E-state index in [1.54, 1.807) is 6.92 Å². The van der Waals surface area contributed by atoms with Gasteiger partial charge in [0.2, 0.25) is 0 Å². The zero-order valence-corrected chi connectivity index (χ0v) is 10.8. The third-order valence-corrected chi connectivity index (χ3v) is 3.47. The highest BCUT2D eigenvalue weighted by Gasteiger charge is 2.30. The first-order valence-corrected chi connectivity index (χ1v) is 6.29. The first kappa shape index (κ1) is 13.7. The van der Waals surface area contributed by atoms with Crippen LogP contribution in [0.25, 0.3) is 0 Å². The van der Waals surface area contributed by atoms with Crippen LogP contribution in [-0.2, 0) is 12.6 Å². The van der Waals surface area contributed by atoms with Gasteiger partial charge in [0.15, 0.2) is 5.78 Å².